The number of hydrogen-bond acceptors (Lipinski definition) is 2. The van der Waals surface area contributed by atoms with Crippen LogP contribution in [0, 0.1) is 5.92 Å². The van der Waals surface area contributed by atoms with Crippen molar-refractivity contribution in [1.29, 1.82) is 0 Å². The van der Waals surface area contributed by atoms with E-state index in [1.807, 2.05) is 13.8 Å². The molecule has 0 aliphatic rings. The van der Waals surface area contributed by atoms with Crippen LogP contribution in [0.3, 0.4) is 0 Å². The van der Waals surface area contributed by atoms with Gasteiger partial charge >= 0.3 is 0 Å². The molecule has 13 heavy (non-hydrogen) atoms. The Morgan fingerprint density at radius 3 is 2.85 bits per heavy atom. The minimum atomic E-state index is 0.256. The molecule has 0 aliphatic carbocycles. The second kappa shape index (κ2) is 7.86. The van der Waals surface area contributed by atoms with Gasteiger partial charge in [0.05, 0.1) is 0 Å². The maximum atomic E-state index is 8.75. The summed E-state index contributed by atoms with van der Waals surface area (Å²) in [6.45, 7) is 5.81. The fourth-order valence-electron chi connectivity index (χ4n) is 0.968. The lowest BCUT2D eigenvalue weighted by molar-refractivity contribution is 0.229. The van der Waals surface area contributed by atoms with E-state index in [0.717, 1.165) is 25.9 Å². The summed E-state index contributed by atoms with van der Waals surface area (Å²) in [7, 11) is 0. The molecule has 1 atom stereocenters. The molecule has 0 spiro atoms. The molecule has 0 saturated heterocycles. The van der Waals surface area contributed by atoms with Crippen molar-refractivity contribution in [1.82, 2.24) is 5.32 Å². The maximum Gasteiger partial charge on any atom is 0.188 e. The molecule has 0 bridgehead atoms. The smallest absolute Gasteiger partial charge is 0.188 e. The molecule has 4 heteroatoms. The lowest BCUT2D eigenvalue weighted by atomic mass is 10.1. The SMILES string of the molecule is CCNC(N)=NCCCC(C)CO. The molecule has 0 heterocycles. The maximum absolute atomic E-state index is 8.75. The summed E-state index contributed by atoms with van der Waals surface area (Å²) in [4.78, 5) is 4.12. The average Bonchev–Trinajstić information content (AvgIpc) is 2.12. The molecule has 0 rings (SSSR count). The van der Waals surface area contributed by atoms with E-state index >= 15 is 0 Å². The largest absolute Gasteiger partial charge is 0.396 e. The number of aliphatic hydroxyl groups excluding tert-OH is 1. The Hall–Kier alpha value is -0.770. The molecule has 4 nitrogen and oxygen atoms in total. The second-order valence-corrected chi connectivity index (χ2v) is 3.23. The van der Waals surface area contributed by atoms with Crippen LogP contribution < -0.4 is 11.1 Å². The van der Waals surface area contributed by atoms with Crippen molar-refractivity contribution in [2.45, 2.75) is 26.7 Å². The lowest BCUT2D eigenvalue weighted by Crippen LogP contribution is -2.31. The van der Waals surface area contributed by atoms with E-state index in [4.69, 9.17) is 10.8 Å². The highest BCUT2D eigenvalue weighted by molar-refractivity contribution is 5.77. The molecule has 0 fully saturated rings. The minimum Gasteiger partial charge on any atom is -0.396 e. The third kappa shape index (κ3) is 7.59. The Bertz CT molecular complexity index is 148. The van der Waals surface area contributed by atoms with Crippen molar-refractivity contribution >= 4 is 5.96 Å². The molecule has 0 radical (unpaired) electrons. The first-order chi connectivity index (χ1) is 6.20. The van der Waals surface area contributed by atoms with Gasteiger partial charge in [-0.1, -0.05) is 6.92 Å². The summed E-state index contributed by atoms with van der Waals surface area (Å²) >= 11 is 0. The number of aliphatic hydroxyl groups is 1. The third-order valence-corrected chi connectivity index (χ3v) is 1.81. The first-order valence-electron chi connectivity index (χ1n) is 4.85. The summed E-state index contributed by atoms with van der Waals surface area (Å²) in [6, 6.07) is 0. The van der Waals surface area contributed by atoms with Crippen molar-refractivity contribution in [3.8, 4) is 0 Å². The summed E-state index contributed by atoms with van der Waals surface area (Å²) in [5, 5.41) is 11.7. The van der Waals surface area contributed by atoms with Crippen LogP contribution in [0.4, 0.5) is 0 Å². The van der Waals surface area contributed by atoms with Gasteiger partial charge < -0.3 is 16.2 Å². The van der Waals surface area contributed by atoms with Crippen LogP contribution in [0.15, 0.2) is 4.99 Å². The third-order valence-electron chi connectivity index (χ3n) is 1.81. The van der Waals surface area contributed by atoms with Crippen molar-refractivity contribution in [2.24, 2.45) is 16.6 Å². The van der Waals surface area contributed by atoms with E-state index < -0.39 is 0 Å². The van der Waals surface area contributed by atoms with E-state index in [0.29, 0.717) is 11.9 Å². The van der Waals surface area contributed by atoms with Crippen molar-refractivity contribution in [2.75, 3.05) is 19.7 Å². The second-order valence-electron chi connectivity index (χ2n) is 3.23. The van der Waals surface area contributed by atoms with Gasteiger partial charge in [0, 0.05) is 19.7 Å². The standard InChI is InChI=1S/C9H21N3O/c1-3-11-9(10)12-6-4-5-8(2)7-13/h8,13H,3-7H2,1-2H3,(H3,10,11,12). The Morgan fingerprint density at radius 2 is 2.31 bits per heavy atom. The van der Waals surface area contributed by atoms with Gasteiger partial charge in [0.1, 0.15) is 0 Å². The van der Waals surface area contributed by atoms with Gasteiger partial charge in [0.25, 0.3) is 0 Å². The molecule has 0 saturated carbocycles. The summed E-state index contributed by atoms with van der Waals surface area (Å²) < 4.78 is 0. The zero-order valence-corrected chi connectivity index (χ0v) is 8.58. The van der Waals surface area contributed by atoms with E-state index in [1.165, 1.54) is 0 Å². The predicted molar refractivity (Wildman–Crippen MR) is 55.6 cm³/mol. The molecule has 4 N–H and O–H groups in total. The van der Waals surface area contributed by atoms with Crippen LogP contribution in [-0.4, -0.2) is 30.8 Å². The Morgan fingerprint density at radius 1 is 1.62 bits per heavy atom. The first kappa shape index (κ1) is 12.2. The van der Waals surface area contributed by atoms with Gasteiger partial charge in [-0.05, 0) is 25.7 Å². The molecule has 1 unspecified atom stereocenters. The predicted octanol–water partition coefficient (Wildman–Crippen LogP) is 0.319. The van der Waals surface area contributed by atoms with Crippen LogP contribution in [0.25, 0.3) is 0 Å². The van der Waals surface area contributed by atoms with Gasteiger partial charge in [0.2, 0.25) is 0 Å². The zero-order chi connectivity index (χ0) is 10.1. The number of guanidine groups is 1. The quantitative estimate of drug-likeness (QED) is 0.318. The molecule has 0 aromatic carbocycles. The van der Waals surface area contributed by atoms with Crippen LogP contribution in [0.1, 0.15) is 26.7 Å². The molecule has 78 valence electrons. The van der Waals surface area contributed by atoms with Gasteiger partial charge in [-0.15, -0.1) is 0 Å². The van der Waals surface area contributed by atoms with E-state index in [1.54, 1.807) is 0 Å². The normalized spacial score (nSPS) is 14.2. The molecule has 0 aromatic rings. The fourth-order valence-corrected chi connectivity index (χ4v) is 0.968. The van der Waals surface area contributed by atoms with Crippen molar-refractivity contribution in [3.05, 3.63) is 0 Å². The van der Waals surface area contributed by atoms with Crippen LogP contribution >= 0.6 is 0 Å². The molecular formula is C9H21N3O. The molecular weight excluding hydrogens is 166 g/mol. The Balaban J connectivity index is 3.38. The molecule has 0 aromatic heterocycles. The van der Waals surface area contributed by atoms with Gasteiger partial charge in [-0.2, -0.15) is 0 Å². The number of hydrogen-bond donors (Lipinski definition) is 3. The highest BCUT2D eigenvalue weighted by Gasteiger charge is 1.98. The van der Waals surface area contributed by atoms with Crippen LogP contribution in [0.5, 0.6) is 0 Å². The summed E-state index contributed by atoms with van der Waals surface area (Å²) in [5.41, 5.74) is 5.52. The summed E-state index contributed by atoms with van der Waals surface area (Å²) in [5.74, 6) is 0.884. The number of aliphatic imine (C=N–C) groups is 1. The number of nitrogens with two attached hydrogens (primary N) is 1. The van der Waals surface area contributed by atoms with Crippen LogP contribution in [0.2, 0.25) is 0 Å². The highest BCUT2D eigenvalue weighted by Crippen LogP contribution is 2.03. The van der Waals surface area contributed by atoms with E-state index in [2.05, 4.69) is 10.3 Å². The molecule has 0 aliphatic heterocycles. The molecule has 0 amide bonds. The van der Waals surface area contributed by atoms with E-state index in [9.17, 15) is 0 Å². The first-order valence-corrected chi connectivity index (χ1v) is 4.85. The average molecular weight is 187 g/mol. The van der Waals surface area contributed by atoms with Gasteiger partial charge in [-0.25, -0.2) is 0 Å². The Kier molecular flexibility index (Phi) is 7.39. The lowest BCUT2D eigenvalue weighted by Gasteiger charge is -2.05. The van der Waals surface area contributed by atoms with Crippen molar-refractivity contribution in [3.63, 3.8) is 0 Å². The monoisotopic (exact) mass is 187 g/mol. The highest BCUT2D eigenvalue weighted by atomic mass is 16.3. The number of nitrogens with zero attached hydrogens (tertiary/aromatic N) is 1. The van der Waals surface area contributed by atoms with Crippen molar-refractivity contribution < 1.29 is 5.11 Å². The minimum absolute atomic E-state index is 0.256. The number of rotatable bonds is 6. The number of nitrogens with one attached hydrogen (secondary N) is 1. The van der Waals surface area contributed by atoms with Crippen LogP contribution in [-0.2, 0) is 0 Å². The fraction of sp³-hybridized carbons (Fsp3) is 0.889. The zero-order valence-electron chi connectivity index (χ0n) is 8.58. The van der Waals surface area contributed by atoms with Gasteiger partial charge in [0.15, 0.2) is 5.96 Å². The Labute approximate surface area is 80.2 Å². The topological polar surface area (TPSA) is 70.6 Å². The summed E-state index contributed by atoms with van der Waals surface area (Å²) in [6.07, 6.45) is 1.98. The van der Waals surface area contributed by atoms with Gasteiger partial charge in [-0.3, -0.25) is 4.99 Å². The van der Waals surface area contributed by atoms with E-state index in [-0.39, 0.29) is 6.61 Å².